The molecule has 1 heterocycles. The predicted octanol–water partition coefficient (Wildman–Crippen LogP) is 4.21. The van der Waals surface area contributed by atoms with Crippen molar-refractivity contribution in [3.63, 3.8) is 0 Å². The average Bonchev–Trinajstić information content (AvgIpc) is 3.22. The first kappa shape index (κ1) is 21.2. The summed E-state index contributed by atoms with van der Waals surface area (Å²) in [7, 11) is -4.08. The van der Waals surface area contributed by atoms with Gasteiger partial charge in [-0.05, 0) is 48.0 Å². The largest absolute Gasteiger partial charge is 0.348 e. The quantitative estimate of drug-likeness (QED) is 0.434. The number of anilines is 1. The van der Waals surface area contributed by atoms with Gasteiger partial charge in [0.25, 0.3) is 15.9 Å². The molecule has 0 saturated heterocycles. The fraction of sp³-hybridized carbons (Fsp3) is 0.0500. The molecule has 0 spiro atoms. The first-order chi connectivity index (χ1) is 14.8. The lowest BCUT2D eigenvalue weighted by Crippen LogP contribution is -2.25. The molecule has 0 radical (unpaired) electrons. The van der Waals surface area contributed by atoms with Crippen LogP contribution in [0.15, 0.2) is 65.6 Å². The van der Waals surface area contributed by atoms with E-state index in [2.05, 4.69) is 18.8 Å². The van der Waals surface area contributed by atoms with E-state index in [1.807, 2.05) is 0 Å². The second-order valence-corrected chi connectivity index (χ2v) is 9.11. The first-order valence-electron chi connectivity index (χ1n) is 8.90. The van der Waals surface area contributed by atoms with Crippen molar-refractivity contribution in [1.29, 1.82) is 0 Å². The number of nitrogens with one attached hydrogen (secondary N) is 2. The second kappa shape index (κ2) is 8.58. The number of fused-ring (bicyclic) bond motifs is 1. The van der Waals surface area contributed by atoms with Gasteiger partial charge in [0.2, 0.25) is 0 Å². The van der Waals surface area contributed by atoms with E-state index in [0.717, 1.165) is 11.7 Å². The number of sulfonamides is 1. The Morgan fingerprint density at radius 3 is 2.61 bits per heavy atom. The van der Waals surface area contributed by atoms with Crippen molar-refractivity contribution in [2.75, 3.05) is 4.72 Å². The van der Waals surface area contributed by atoms with Gasteiger partial charge in [0.1, 0.15) is 21.7 Å². The Morgan fingerprint density at radius 2 is 1.84 bits per heavy atom. The summed E-state index contributed by atoms with van der Waals surface area (Å²) in [6.07, 6.45) is 0. The lowest BCUT2D eigenvalue weighted by molar-refractivity contribution is 0.0952. The van der Waals surface area contributed by atoms with E-state index in [9.17, 15) is 17.6 Å². The molecule has 1 amide bonds. The third-order valence-corrected chi connectivity index (χ3v) is 6.55. The molecule has 0 aliphatic rings. The van der Waals surface area contributed by atoms with Crippen molar-refractivity contribution in [3.8, 4) is 0 Å². The summed E-state index contributed by atoms with van der Waals surface area (Å²) in [5, 5.41) is 2.94. The van der Waals surface area contributed by atoms with Crippen LogP contribution in [0.3, 0.4) is 0 Å². The Labute approximate surface area is 186 Å². The number of benzene rings is 3. The third-order valence-electron chi connectivity index (χ3n) is 4.38. The van der Waals surface area contributed by atoms with Gasteiger partial charge in [-0.25, -0.2) is 12.8 Å². The van der Waals surface area contributed by atoms with Crippen LogP contribution in [0.25, 0.3) is 11.0 Å². The molecule has 7 nitrogen and oxygen atoms in total. The van der Waals surface area contributed by atoms with Gasteiger partial charge in [0.15, 0.2) is 0 Å². The summed E-state index contributed by atoms with van der Waals surface area (Å²) in [6, 6.07) is 14.6. The minimum atomic E-state index is -4.08. The Kier molecular flexibility index (Phi) is 5.86. The molecule has 4 aromatic rings. The zero-order valence-corrected chi connectivity index (χ0v) is 18.1. The molecule has 1 aromatic heterocycles. The Morgan fingerprint density at radius 1 is 1.06 bits per heavy atom. The highest BCUT2D eigenvalue weighted by molar-refractivity contribution is 7.93. The fourth-order valence-electron chi connectivity index (χ4n) is 2.88. The van der Waals surface area contributed by atoms with E-state index in [0.29, 0.717) is 11.1 Å². The standard InChI is InChI=1S/C20H14ClFN4O3S2/c21-13-6-9-15(20(27)23-11-12-4-7-14(22)8-5-12)17(10-13)26-31(28,29)18-3-1-2-16-19(18)25-30-24-16/h1-10,26H,11H2,(H,23,27). The molecule has 0 bridgehead atoms. The summed E-state index contributed by atoms with van der Waals surface area (Å²) in [6.45, 7) is 0.137. The van der Waals surface area contributed by atoms with Crippen LogP contribution < -0.4 is 10.0 Å². The van der Waals surface area contributed by atoms with Gasteiger partial charge in [0, 0.05) is 11.6 Å². The normalized spacial score (nSPS) is 11.4. The average molecular weight is 477 g/mol. The molecule has 0 aliphatic carbocycles. The number of nitrogens with zero attached hydrogens (tertiary/aromatic N) is 2. The minimum Gasteiger partial charge on any atom is -0.348 e. The summed E-state index contributed by atoms with van der Waals surface area (Å²) >= 11 is 6.94. The van der Waals surface area contributed by atoms with Gasteiger partial charge in [-0.1, -0.05) is 29.8 Å². The summed E-state index contributed by atoms with van der Waals surface area (Å²) < 4.78 is 49.6. The van der Waals surface area contributed by atoms with Gasteiger partial charge in [-0.15, -0.1) is 0 Å². The van der Waals surface area contributed by atoms with Crippen LogP contribution in [0.4, 0.5) is 10.1 Å². The maximum atomic E-state index is 13.0. The van der Waals surface area contributed by atoms with Gasteiger partial charge >= 0.3 is 0 Å². The lowest BCUT2D eigenvalue weighted by atomic mass is 10.1. The highest BCUT2D eigenvalue weighted by Gasteiger charge is 2.22. The van der Waals surface area contributed by atoms with Crippen LogP contribution in [0, 0.1) is 5.82 Å². The number of halogens is 2. The number of carbonyl (C=O) groups is 1. The van der Waals surface area contributed by atoms with Crippen molar-refractivity contribution >= 4 is 56.0 Å². The molecule has 0 saturated carbocycles. The van der Waals surface area contributed by atoms with E-state index < -0.39 is 15.9 Å². The van der Waals surface area contributed by atoms with Crippen molar-refractivity contribution in [2.45, 2.75) is 11.4 Å². The van der Waals surface area contributed by atoms with E-state index >= 15 is 0 Å². The zero-order chi connectivity index (χ0) is 22.0. The number of carbonyl (C=O) groups excluding carboxylic acids is 1. The molecular weight excluding hydrogens is 463 g/mol. The number of hydrogen-bond acceptors (Lipinski definition) is 6. The molecule has 0 unspecified atom stereocenters. The Hall–Kier alpha value is -3.08. The van der Waals surface area contributed by atoms with Crippen LogP contribution in [0.1, 0.15) is 15.9 Å². The maximum Gasteiger partial charge on any atom is 0.264 e. The molecule has 0 fully saturated rings. The molecule has 3 aromatic carbocycles. The molecule has 0 aliphatic heterocycles. The Bertz CT molecular complexity index is 1370. The van der Waals surface area contributed by atoms with Crippen molar-refractivity contribution in [3.05, 3.63) is 82.6 Å². The summed E-state index contributed by atoms with van der Waals surface area (Å²) in [5.74, 6) is -0.901. The van der Waals surface area contributed by atoms with E-state index in [4.69, 9.17) is 11.6 Å². The SMILES string of the molecule is O=C(NCc1ccc(F)cc1)c1ccc(Cl)cc1NS(=O)(=O)c1cccc2nsnc12. The highest BCUT2D eigenvalue weighted by atomic mass is 35.5. The number of rotatable bonds is 6. The van der Waals surface area contributed by atoms with Crippen LogP contribution in [0.2, 0.25) is 5.02 Å². The number of aromatic nitrogens is 2. The summed E-state index contributed by atoms with van der Waals surface area (Å²) in [4.78, 5) is 12.7. The van der Waals surface area contributed by atoms with E-state index in [1.165, 1.54) is 36.4 Å². The predicted molar refractivity (Wildman–Crippen MR) is 117 cm³/mol. The van der Waals surface area contributed by atoms with Crippen LogP contribution in [0.5, 0.6) is 0 Å². The highest BCUT2D eigenvalue weighted by Crippen LogP contribution is 2.27. The molecule has 4 rings (SSSR count). The van der Waals surface area contributed by atoms with E-state index in [1.54, 1.807) is 24.3 Å². The third kappa shape index (κ3) is 4.66. The topological polar surface area (TPSA) is 101 Å². The second-order valence-electron chi connectivity index (χ2n) is 6.49. The fourth-order valence-corrected chi connectivity index (χ4v) is 4.89. The Balaban J connectivity index is 1.61. The number of amides is 1. The molecule has 11 heteroatoms. The van der Waals surface area contributed by atoms with Crippen molar-refractivity contribution < 1.29 is 17.6 Å². The van der Waals surface area contributed by atoms with Crippen LogP contribution >= 0.6 is 23.3 Å². The maximum absolute atomic E-state index is 13.0. The molecule has 2 N–H and O–H groups in total. The zero-order valence-electron chi connectivity index (χ0n) is 15.7. The number of hydrogen-bond donors (Lipinski definition) is 2. The lowest BCUT2D eigenvalue weighted by Gasteiger charge is -2.14. The first-order valence-corrected chi connectivity index (χ1v) is 11.5. The molecular formula is C20H14ClFN4O3S2. The van der Waals surface area contributed by atoms with Crippen LogP contribution in [-0.4, -0.2) is 23.1 Å². The van der Waals surface area contributed by atoms with Gasteiger partial charge in [0.05, 0.1) is 23.0 Å². The smallest absolute Gasteiger partial charge is 0.264 e. The van der Waals surface area contributed by atoms with Gasteiger partial charge < -0.3 is 5.32 Å². The molecule has 158 valence electrons. The van der Waals surface area contributed by atoms with Crippen LogP contribution in [-0.2, 0) is 16.6 Å². The van der Waals surface area contributed by atoms with Crippen molar-refractivity contribution in [1.82, 2.24) is 14.1 Å². The molecule has 31 heavy (non-hydrogen) atoms. The molecule has 0 atom stereocenters. The van der Waals surface area contributed by atoms with Crippen molar-refractivity contribution in [2.24, 2.45) is 0 Å². The monoisotopic (exact) mass is 476 g/mol. The van der Waals surface area contributed by atoms with E-state index in [-0.39, 0.29) is 39.0 Å². The minimum absolute atomic E-state index is 0.0179. The summed E-state index contributed by atoms with van der Waals surface area (Å²) in [5.41, 5.74) is 1.48. The van der Waals surface area contributed by atoms with Gasteiger partial charge in [-0.3, -0.25) is 9.52 Å². The van der Waals surface area contributed by atoms with Gasteiger partial charge in [-0.2, -0.15) is 8.75 Å².